The minimum absolute atomic E-state index is 0.118. The molecule has 0 radical (unpaired) electrons. The molecular weight excluding hydrogens is 468 g/mol. The summed E-state index contributed by atoms with van der Waals surface area (Å²) in [4.78, 5) is 44.2. The fourth-order valence-electron chi connectivity index (χ4n) is 3.62. The van der Waals surface area contributed by atoms with Crippen LogP contribution in [-0.2, 0) is 9.47 Å². The molecular formula is C24H24N6O6. The predicted molar refractivity (Wildman–Crippen MR) is 132 cm³/mol. The predicted octanol–water partition coefficient (Wildman–Crippen LogP) is 3.97. The standard InChI is InChI=1S/C24H24N6O6/c1-24(2,3)36-23(32)27-17-8-4-15(5-9-17)19-12-20(21-25-13-35-14-26-21)29(28-19)22(31)16-6-10-18(11-7-16)30(33)34/h4-11,13-14,20-21H,12H2,1-3H3,(H,27,32). The van der Waals surface area contributed by atoms with Crippen molar-refractivity contribution in [2.24, 2.45) is 15.1 Å². The van der Waals surface area contributed by atoms with E-state index in [1.54, 1.807) is 45.0 Å². The lowest BCUT2D eigenvalue weighted by Gasteiger charge is -2.25. The van der Waals surface area contributed by atoms with E-state index in [0.717, 1.165) is 5.56 Å². The molecule has 2 aliphatic rings. The highest BCUT2D eigenvalue weighted by atomic mass is 16.6. The maximum absolute atomic E-state index is 13.3. The summed E-state index contributed by atoms with van der Waals surface area (Å²) in [5, 5.41) is 19.5. The van der Waals surface area contributed by atoms with Crippen LogP contribution < -0.4 is 5.32 Å². The average Bonchev–Trinajstić information content (AvgIpc) is 3.29. The molecule has 0 aliphatic carbocycles. The largest absolute Gasteiger partial charge is 0.444 e. The molecule has 1 N–H and O–H groups in total. The first kappa shape index (κ1) is 24.5. The van der Waals surface area contributed by atoms with Crippen molar-refractivity contribution in [1.82, 2.24) is 5.01 Å². The van der Waals surface area contributed by atoms with Gasteiger partial charge >= 0.3 is 6.09 Å². The lowest BCUT2D eigenvalue weighted by Crippen LogP contribution is -2.40. The van der Waals surface area contributed by atoms with Crippen LogP contribution in [0.2, 0.25) is 0 Å². The number of hydrogen-bond acceptors (Lipinski definition) is 9. The molecule has 36 heavy (non-hydrogen) atoms. The van der Waals surface area contributed by atoms with Crippen molar-refractivity contribution in [3.63, 3.8) is 0 Å². The molecule has 2 aromatic rings. The second kappa shape index (κ2) is 9.94. The Bertz CT molecular complexity index is 1240. The van der Waals surface area contributed by atoms with Gasteiger partial charge < -0.3 is 9.47 Å². The number of nitro benzene ring substituents is 1. The van der Waals surface area contributed by atoms with Crippen LogP contribution in [0.15, 0.2) is 63.6 Å². The quantitative estimate of drug-likeness (QED) is 0.493. The Morgan fingerprint density at radius 3 is 2.31 bits per heavy atom. The zero-order chi connectivity index (χ0) is 25.9. The topological polar surface area (TPSA) is 148 Å². The smallest absolute Gasteiger partial charge is 0.412 e. The first-order valence-electron chi connectivity index (χ1n) is 11.1. The van der Waals surface area contributed by atoms with Gasteiger partial charge in [0, 0.05) is 29.8 Å². The Balaban J connectivity index is 1.56. The van der Waals surface area contributed by atoms with Gasteiger partial charge in [-0.05, 0) is 50.6 Å². The lowest BCUT2D eigenvalue weighted by molar-refractivity contribution is -0.384. The number of anilines is 1. The summed E-state index contributed by atoms with van der Waals surface area (Å²) in [6, 6.07) is 11.8. The number of non-ortho nitro benzene ring substituents is 1. The SMILES string of the molecule is CC(C)(C)OC(=O)Nc1ccc(C2=NN(C(=O)c3ccc([N+](=O)[O-])cc3)C(C3N=COC=N3)C2)cc1. The van der Waals surface area contributed by atoms with Crippen LogP contribution in [0.3, 0.4) is 0 Å². The van der Waals surface area contributed by atoms with Gasteiger partial charge in [-0.2, -0.15) is 5.10 Å². The number of carbonyl (C=O) groups is 2. The normalized spacial score (nSPS) is 17.4. The Kier molecular flexibility index (Phi) is 6.77. The van der Waals surface area contributed by atoms with Gasteiger partial charge in [0.1, 0.15) is 11.6 Å². The van der Waals surface area contributed by atoms with E-state index in [1.165, 1.54) is 42.1 Å². The Labute approximate surface area is 206 Å². The molecule has 0 fully saturated rings. The number of benzene rings is 2. The number of hydrazone groups is 1. The average molecular weight is 492 g/mol. The number of ether oxygens (including phenoxy) is 2. The van der Waals surface area contributed by atoms with Crippen LogP contribution in [0, 0.1) is 10.1 Å². The molecule has 12 heteroatoms. The molecule has 1 atom stereocenters. The summed E-state index contributed by atoms with van der Waals surface area (Å²) < 4.78 is 10.2. The van der Waals surface area contributed by atoms with Gasteiger partial charge in [-0.3, -0.25) is 20.2 Å². The van der Waals surface area contributed by atoms with Gasteiger partial charge in [-0.25, -0.2) is 19.8 Å². The van der Waals surface area contributed by atoms with Gasteiger partial charge in [0.15, 0.2) is 19.0 Å². The summed E-state index contributed by atoms with van der Waals surface area (Å²) in [5.41, 5.74) is 1.41. The van der Waals surface area contributed by atoms with E-state index < -0.39 is 34.7 Å². The fraction of sp³-hybridized carbons (Fsp3) is 0.292. The third kappa shape index (κ3) is 5.71. The van der Waals surface area contributed by atoms with Gasteiger partial charge in [0.2, 0.25) is 0 Å². The highest BCUT2D eigenvalue weighted by Crippen LogP contribution is 2.28. The molecule has 0 aromatic heterocycles. The summed E-state index contributed by atoms with van der Waals surface area (Å²) >= 11 is 0. The van der Waals surface area contributed by atoms with E-state index in [-0.39, 0.29) is 11.3 Å². The number of nitrogens with zero attached hydrogens (tertiary/aromatic N) is 5. The summed E-state index contributed by atoms with van der Waals surface area (Å²) in [6.07, 6.45) is 1.67. The molecule has 0 bridgehead atoms. The van der Waals surface area contributed by atoms with Crippen molar-refractivity contribution in [3.8, 4) is 0 Å². The van der Waals surface area contributed by atoms with Crippen LogP contribution in [0.4, 0.5) is 16.2 Å². The molecule has 12 nitrogen and oxygen atoms in total. The van der Waals surface area contributed by atoms with Gasteiger partial charge in [0.25, 0.3) is 11.6 Å². The number of nitro groups is 1. The van der Waals surface area contributed by atoms with Gasteiger partial charge in [-0.15, -0.1) is 0 Å². The third-order valence-electron chi connectivity index (χ3n) is 5.23. The zero-order valence-electron chi connectivity index (χ0n) is 19.8. The Morgan fingerprint density at radius 2 is 1.72 bits per heavy atom. The number of hydrogen-bond donors (Lipinski definition) is 1. The second-order valence-electron chi connectivity index (χ2n) is 9.03. The van der Waals surface area contributed by atoms with Crippen molar-refractivity contribution in [2.75, 3.05) is 5.32 Å². The third-order valence-corrected chi connectivity index (χ3v) is 5.23. The zero-order valence-corrected chi connectivity index (χ0v) is 19.8. The molecule has 2 heterocycles. The number of amides is 2. The maximum atomic E-state index is 13.3. The fourth-order valence-corrected chi connectivity index (χ4v) is 3.62. The van der Waals surface area contributed by atoms with Crippen LogP contribution in [0.1, 0.15) is 43.1 Å². The molecule has 186 valence electrons. The highest BCUT2D eigenvalue weighted by molar-refractivity contribution is 6.05. The number of aliphatic imine (C=N–C) groups is 2. The van der Waals surface area contributed by atoms with E-state index in [4.69, 9.17) is 9.47 Å². The monoisotopic (exact) mass is 492 g/mol. The molecule has 2 aromatic carbocycles. The molecule has 0 saturated heterocycles. The second-order valence-corrected chi connectivity index (χ2v) is 9.03. The number of carbonyl (C=O) groups excluding carboxylic acids is 2. The van der Waals surface area contributed by atoms with E-state index in [1.807, 2.05) is 0 Å². The minimum Gasteiger partial charge on any atom is -0.444 e. The molecule has 2 aliphatic heterocycles. The van der Waals surface area contributed by atoms with Crippen molar-refractivity contribution < 1.29 is 24.0 Å². The first-order valence-corrected chi connectivity index (χ1v) is 11.1. The Hall–Kier alpha value is -4.61. The number of rotatable bonds is 5. The van der Waals surface area contributed by atoms with Gasteiger partial charge in [0.05, 0.1) is 10.6 Å². The highest BCUT2D eigenvalue weighted by Gasteiger charge is 2.38. The first-order chi connectivity index (χ1) is 17.1. The molecule has 0 saturated carbocycles. The molecule has 0 spiro atoms. The van der Waals surface area contributed by atoms with Gasteiger partial charge in [-0.1, -0.05) is 12.1 Å². The summed E-state index contributed by atoms with van der Waals surface area (Å²) in [7, 11) is 0. The van der Waals surface area contributed by atoms with Crippen LogP contribution in [0.25, 0.3) is 0 Å². The minimum atomic E-state index is -0.630. The molecule has 2 amide bonds. The van der Waals surface area contributed by atoms with Crippen LogP contribution in [0.5, 0.6) is 0 Å². The Morgan fingerprint density at radius 1 is 1.08 bits per heavy atom. The van der Waals surface area contributed by atoms with Crippen molar-refractivity contribution >= 4 is 41.9 Å². The van der Waals surface area contributed by atoms with E-state index in [0.29, 0.717) is 17.8 Å². The lowest BCUT2D eigenvalue weighted by atomic mass is 10.0. The summed E-state index contributed by atoms with van der Waals surface area (Å²) in [5.74, 6) is -0.440. The molecule has 4 rings (SSSR count). The van der Waals surface area contributed by atoms with Crippen LogP contribution in [-0.4, -0.2) is 58.3 Å². The van der Waals surface area contributed by atoms with E-state index >= 15 is 0 Å². The van der Waals surface area contributed by atoms with Crippen LogP contribution >= 0.6 is 0 Å². The van der Waals surface area contributed by atoms with E-state index in [2.05, 4.69) is 20.4 Å². The molecule has 1 unspecified atom stereocenters. The summed E-state index contributed by atoms with van der Waals surface area (Å²) in [6.45, 7) is 5.34. The van der Waals surface area contributed by atoms with Crippen molar-refractivity contribution in [2.45, 2.75) is 45.0 Å². The van der Waals surface area contributed by atoms with Crippen molar-refractivity contribution in [3.05, 3.63) is 69.8 Å². The number of nitrogens with one attached hydrogen (secondary N) is 1. The van der Waals surface area contributed by atoms with E-state index in [9.17, 15) is 19.7 Å². The maximum Gasteiger partial charge on any atom is 0.412 e. The van der Waals surface area contributed by atoms with Crippen molar-refractivity contribution in [1.29, 1.82) is 0 Å².